The Bertz CT molecular complexity index is 296. The molecule has 0 bridgehead atoms. The average molecular weight is 373 g/mol. The van der Waals surface area contributed by atoms with Crippen LogP contribution in [0.15, 0.2) is 13.2 Å². The van der Waals surface area contributed by atoms with Gasteiger partial charge < -0.3 is 56.4 Å². The topological polar surface area (TPSA) is 214 Å². The highest BCUT2D eigenvalue weighted by atomic mass is 16.4. The van der Waals surface area contributed by atoms with Gasteiger partial charge >= 0.3 is 0 Å². The van der Waals surface area contributed by atoms with Crippen LogP contribution in [0.4, 0.5) is 0 Å². The molecule has 152 valence electrons. The van der Waals surface area contributed by atoms with Crippen LogP contribution in [0, 0.1) is 0 Å². The Hall–Kier alpha value is -0.700. The van der Waals surface area contributed by atoms with Crippen LogP contribution in [0.3, 0.4) is 0 Å². The first kappa shape index (κ1) is 26.5. The lowest BCUT2D eigenvalue weighted by atomic mass is 10.0. The van der Waals surface area contributed by atoms with Gasteiger partial charge in [-0.2, -0.15) is 0 Å². The van der Waals surface area contributed by atoms with Gasteiger partial charge in [-0.25, -0.2) is 0 Å². The largest absolute Gasteiger partial charge is 0.394 e. The zero-order valence-electron chi connectivity index (χ0n) is 13.8. The molecule has 0 aliphatic carbocycles. The minimum Gasteiger partial charge on any atom is -0.394 e. The molecule has 0 aliphatic rings. The second kappa shape index (κ2) is 14.5. The fourth-order valence-electron chi connectivity index (χ4n) is 1.75. The number of hydrogen-bond donors (Lipinski definition) is 11. The van der Waals surface area contributed by atoms with Crippen molar-refractivity contribution < 1.29 is 51.1 Å². The summed E-state index contributed by atoms with van der Waals surface area (Å²) in [6, 6.07) is 0. The van der Waals surface area contributed by atoms with E-state index in [1.165, 1.54) is 0 Å². The Kier molecular flexibility index (Phi) is 15.4. The minimum atomic E-state index is -1.78. The van der Waals surface area contributed by atoms with Gasteiger partial charge in [0.15, 0.2) is 0 Å². The molecular formula is C14H31NO10. The fraction of sp³-hybridized carbons (Fsp3) is 0.857. The van der Waals surface area contributed by atoms with Crippen molar-refractivity contribution in [3.05, 3.63) is 13.2 Å². The molecule has 0 heterocycles. The van der Waals surface area contributed by atoms with Gasteiger partial charge in [0.25, 0.3) is 0 Å². The maximum atomic E-state index is 9.59. The van der Waals surface area contributed by atoms with Gasteiger partial charge in [0.1, 0.15) is 36.6 Å². The van der Waals surface area contributed by atoms with E-state index in [1.807, 2.05) is 0 Å². The second-order valence-electron chi connectivity index (χ2n) is 5.26. The molecule has 0 aromatic heterocycles. The minimum absolute atomic E-state index is 0.348. The molecule has 0 saturated carbocycles. The van der Waals surface area contributed by atoms with Crippen LogP contribution in [0.5, 0.6) is 0 Å². The van der Waals surface area contributed by atoms with Gasteiger partial charge in [-0.3, -0.25) is 0 Å². The van der Waals surface area contributed by atoms with Crippen molar-refractivity contribution in [3.63, 3.8) is 0 Å². The molecule has 25 heavy (non-hydrogen) atoms. The van der Waals surface area contributed by atoms with Crippen LogP contribution < -0.4 is 5.32 Å². The molecule has 0 aliphatic heterocycles. The highest BCUT2D eigenvalue weighted by Gasteiger charge is 2.31. The molecule has 0 saturated heterocycles. The van der Waals surface area contributed by atoms with Gasteiger partial charge in [0, 0.05) is 13.1 Å². The molecule has 0 radical (unpaired) electrons. The van der Waals surface area contributed by atoms with Crippen molar-refractivity contribution in [2.24, 2.45) is 0 Å². The van der Waals surface area contributed by atoms with E-state index in [0.29, 0.717) is 0 Å². The Labute approximate surface area is 145 Å². The van der Waals surface area contributed by atoms with Crippen LogP contribution in [0.1, 0.15) is 0 Å². The van der Waals surface area contributed by atoms with Gasteiger partial charge in [-0.15, -0.1) is 13.2 Å². The molecule has 8 unspecified atom stereocenters. The molecule has 11 N–H and O–H groups in total. The quantitative estimate of drug-likeness (QED) is 0.145. The Morgan fingerprint density at radius 1 is 0.520 bits per heavy atom. The summed E-state index contributed by atoms with van der Waals surface area (Å²) in [7, 11) is 0. The summed E-state index contributed by atoms with van der Waals surface area (Å²) < 4.78 is 0. The van der Waals surface area contributed by atoms with Crippen LogP contribution in [-0.4, -0.2) is 126 Å². The highest BCUT2D eigenvalue weighted by Crippen LogP contribution is 2.06. The molecule has 0 amide bonds. The molecule has 0 aromatic carbocycles. The molecule has 11 nitrogen and oxygen atoms in total. The summed E-state index contributed by atoms with van der Waals surface area (Å²) in [5.41, 5.74) is 0. The van der Waals surface area contributed by atoms with E-state index in [1.54, 1.807) is 0 Å². The standard InChI is InChI=1S/C12H27NO10.C2H4/c14-3-7(18)11(22)9(20)5(16)1-13-2-6(17)10(21)12(23)8(19)4-15;1-2/h5-23H,1-4H2;1-2H2. The van der Waals surface area contributed by atoms with Gasteiger partial charge in [-0.05, 0) is 0 Å². The number of aliphatic hydroxyl groups excluding tert-OH is 10. The van der Waals surface area contributed by atoms with Crippen molar-refractivity contribution in [2.75, 3.05) is 26.3 Å². The zero-order valence-corrected chi connectivity index (χ0v) is 13.8. The van der Waals surface area contributed by atoms with Crippen molar-refractivity contribution in [3.8, 4) is 0 Å². The molecular weight excluding hydrogens is 342 g/mol. The summed E-state index contributed by atoms with van der Waals surface area (Å²) in [4.78, 5) is 0. The average Bonchev–Trinajstić information content (AvgIpc) is 2.65. The van der Waals surface area contributed by atoms with Gasteiger partial charge in [-0.1, -0.05) is 0 Å². The van der Waals surface area contributed by atoms with Crippen molar-refractivity contribution in [1.29, 1.82) is 0 Å². The third-order valence-corrected chi connectivity index (χ3v) is 3.36. The van der Waals surface area contributed by atoms with E-state index in [-0.39, 0.29) is 13.1 Å². The Balaban J connectivity index is 0. The normalized spacial score (nSPS) is 21.0. The Morgan fingerprint density at radius 2 is 0.760 bits per heavy atom. The number of aliphatic hydroxyl groups is 10. The van der Waals surface area contributed by atoms with E-state index in [2.05, 4.69) is 18.5 Å². The fourth-order valence-corrected chi connectivity index (χ4v) is 1.75. The van der Waals surface area contributed by atoms with Crippen molar-refractivity contribution >= 4 is 0 Å². The van der Waals surface area contributed by atoms with E-state index in [9.17, 15) is 30.6 Å². The van der Waals surface area contributed by atoms with Gasteiger partial charge in [0.05, 0.1) is 25.4 Å². The molecule has 0 rings (SSSR count). The van der Waals surface area contributed by atoms with E-state index >= 15 is 0 Å². The predicted octanol–water partition coefficient (Wildman–Crippen LogP) is -5.75. The van der Waals surface area contributed by atoms with E-state index in [4.69, 9.17) is 20.4 Å². The first-order valence-corrected chi connectivity index (χ1v) is 7.54. The van der Waals surface area contributed by atoms with Crippen LogP contribution in [0.2, 0.25) is 0 Å². The van der Waals surface area contributed by atoms with Crippen LogP contribution in [0.25, 0.3) is 0 Å². The Morgan fingerprint density at radius 3 is 1.00 bits per heavy atom. The maximum Gasteiger partial charge on any atom is 0.111 e. The predicted molar refractivity (Wildman–Crippen MR) is 86.3 cm³/mol. The van der Waals surface area contributed by atoms with Gasteiger partial charge in [0.2, 0.25) is 0 Å². The lowest BCUT2D eigenvalue weighted by molar-refractivity contribution is -0.119. The summed E-state index contributed by atoms with van der Waals surface area (Å²) in [6.45, 7) is 3.68. The van der Waals surface area contributed by atoms with E-state index < -0.39 is 62.0 Å². The molecule has 8 atom stereocenters. The summed E-state index contributed by atoms with van der Waals surface area (Å²) in [5, 5.41) is 95.0. The van der Waals surface area contributed by atoms with E-state index in [0.717, 1.165) is 0 Å². The number of nitrogens with one attached hydrogen (secondary N) is 1. The van der Waals surface area contributed by atoms with Crippen LogP contribution in [-0.2, 0) is 0 Å². The highest BCUT2D eigenvalue weighted by molar-refractivity contribution is 4.84. The smallest absolute Gasteiger partial charge is 0.111 e. The maximum absolute atomic E-state index is 9.59. The SMILES string of the molecule is C=C.OCC(O)C(O)C(O)C(O)CNCC(O)C(O)C(O)C(O)CO. The monoisotopic (exact) mass is 373 g/mol. The summed E-state index contributed by atoms with van der Waals surface area (Å²) >= 11 is 0. The molecule has 0 spiro atoms. The zero-order chi connectivity index (χ0) is 20.2. The van der Waals surface area contributed by atoms with Crippen molar-refractivity contribution in [1.82, 2.24) is 5.32 Å². The lowest BCUT2D eigenvalue weighted by Gasteiger charge is -2.28. The molecule has 11 heteroatoms. The second-order valence-corrected chi connectivity index (χ2v) is 5.26. The van der Waals surface area contributed by atoms with Crippen LogP contribution >= 0.6 is 0 Å². The lowest BCUT2D eigenvalue weighted by Crippen LogP contribution is -2.52. The third-order valence-electron chi connectivity index (χ3n) is 3.36. The number of hydrogen-bond acceptors (Lipinski definition) is 11. The first-order chi connectivity index (χ1) is 11.7. The van der Waals surface area contributed by atoms with Crippen molar-refractivity contribution in [2.45, 2.75) is 48.8 Å². The molecule has 0 fully saturated rings. The summed E-state index contributed by atoms with van der Waals surface area (Å²) in [6.07, 6.45) is -13.5. The summed E-state index contributed by atoms with van der Waals surface area (Å²) in [5.74, 6) is 0. The third kappa shape index (κ3) is 9.53. The number of rotatable bonds is 12. The molecule has 0 aromatic rings. The first-order valence-electron chi connectivity index (χ1n) is 7.54.